The number of amides is 2. The van der Waals surface area contributed by atoms with E-state index in [-0.39, 0.29) is 16.8 Å². The van der Waals surface area contributed by atoms with E-state index in [0.29, 0.717) is 29.2 Å². The van der Waals surface area contributed by atoms with Crippen LogP contribution in [-0.4, -0.2) is 56.1 Å². The number of nitrogens with zero attached hydrogens (tertiary/aromatic N) is 2. The van der Waals surface area contributed by atoms with Crippen LogP contribution in [0.2, 0.25) is 0 Å². The van der Waals surface area contributed by atoms with Crippen molar-refractivity contribution in [2.45, 2.75) is 51.9 Å². The van der Waals surface area contributed by atoms with Gasteiger partial charge in [0.25, 0.3) is 5.84 Å². The summed E-state index contributed by atoms with van der Waals surface area (Å²) >= 11 is 0. The molecule has 8 nitrogen and oxygen atoms in total. The largest absolute Gasteiger partial charge is 0.408 e. The van der Waals surface area contributed by atoms with Gasteiger partial charge in [-0.2, -0.15) is 5.32 Å². The van der Waals surface area contributed by atoms with Crippen LogP contribution in [0, 0.1) is 24.7 Å². The van der Waals surface area contributed by atoms with Crippen LogP contribution in [0.3, 0.4) is 0 Å². The lowest BCUT2D eigenvalue weighted by atomic mass is 9.83. The van der Waals surface area contributed by atoms with Gasteiger partial charge >= 0.3 is 6.03 Å². The Morgan fingerprint density at radius 1 is 1.27 bits per heavy atom. The number of carbonyl (C=O) groups is 1. The van der Waals surface area contributed by atoms with Gasteiger partial charge < -0.3 is 10.2 Å². The van der Waals surface area contributed by atoms with Gasteiger partial charge in [0.2, 0.25) is 0 Å². The molecule has 1 saturated heterocycles. The number of urea groups is 1. The molecule has 1 aliphatic heterocycles. The molecule has 0 aromatic carbocycles. The second kappa shape index (κ2) is 10.2. The highest BCUT2D eigenvalue weighted by atomic mass is 32.2. The number of aromatic nitrogens is 1. The minimum atomic E-state index is -3.25. The van der Waals surface area contributed by atoms with E-state index < -0.39 is 9.84 Å². The van der Waals surface area contributed by atoms with Crippen molar-refractivity contribution in [1.29, 1.82) is 0 Å². The molecule has 0 saturated carbocycles. The van der Waals surface area contributed by atoms with E-state index in [4.69, 9.17) is 5.41 Å². The lowest BCUT2D eigenvalue weighted by Crippen LogP contribution is -2.57. The lowest BCUT2D eigenvalue weighted by Gasteiger charge is -2.33. The van der Waals surface area contributed by atoms with Crippen molar-refractivity contribution in [3.05, 3.63) is 17.8 Å². The molecule has 0 spiro atoms. The first-order valence-electron chi connectivity index (χ1n) is 10.6. The first kappa shape index (κ1) is 24.1. The zero-order valence-electron chi connectivity index (χ0n) is 18.7. The minimum Gasteiger partial charge on any atom is -0.370 e. The number of aryl methyl sites for hydroxylation is 1. The van der Waals surface area contributed by atoms with E-state index >= 15 is 0 Å². The second-order valence-corrected chi connectivity index (χ2v) is 10.6. The molecule has 0 bridgehead atoms. The fourth-order valence-corrected chi connectivity index (χ4v) is 4.62. The van der Waals surface area contributed by atoms with Crippen LogP contribution in [-0.2, 0) is 9.84 Å². The molecule has 1 atom stereocenters. The smallest absolute Gasteiger partial charge is 0.370 e. The maximum atomic E-state index is 12.3. The van der Waals surface area contributed by atoms with Gasteiger partial charge in [0.15, 0.2) is 9.84 Å². The molecule has 1 fully saturated rings. The van der Waals surface area contributed by atoms with E-state index in [0.717, 1.165) is 38.9 Å². The number of sulfone groups is 1. The predicted molar refractivity (Wildman–Crippen MR) is 119 cm³/mol. The first-order chi connectivity index (χ1) is 14.0. The molecule has 2 rings (SSSR count). The van der Waals surface area contributed by atoms with Gasteiger partial charge in [-0.3, -0.25) is 5.41 Å². The normalized spacial score (nSPS) is 16.4. The Morgan fingerprint density at radius 2 is 1.90 bits per heavy atom. The first-order valence-corrected chi connectivity index (χ1v) is 12.5. The highest BCUT2D eigenvalue weighted by Crippen LogP contribution is 2.27. The van der Waals surface area contributed by atoms with E-state index in [2.05, 4.69) is 22.5 Å². The molecular weight excluding hydrogens is 402 g/mol. The molecular formula is C21H36N5O3S+. The SMILES string of the molecule is Cc1nc(NCC[C@@H](C)C2CCN(C(=O)NC(=[NH2+])C(C)C)CC2)ccc1S(C)(=O)=O. The number of piperidine rings is 1. The fourth-order valence-electron chi connectivity index (χ4n) is 3.72. The van der Waals surface area contributed by atoms with Crippen LogP contribution in [0.15, 0.2) is 17.0 Å². The average Bonchev–Trinajstić information content (AvgIpc) is 2.66. The van der Waals surface area contributed by atoms with Gasteiger partial charge in [-0.05, 0) is 50.2 Å². The molecule has 9 heteroatoms. The molecule has 2 amide bonds. The number of nitrogens with two attached hydrogens (primary N) is 1. The molecule has 1 aliphatic rings. The number of hydrogen-bond donors (Lipinski definition) is 3. The summed E-state index contributed by atoms with van der Waals surface area (Å²) in [5.41, 5.74) is 0.511. The quantitative estimate of drug-likeness (QED) is 0.440. The van der Waals surface area contributed by atoms with Gasteiger partial charge in [0, 0.05) is 25.9 Å². The number of likely N-dealkylation sites (tertiary alicyclic amines) is 1. The zero-order chi connectivity index (χ0) is 22.5. The van der Waals surface area contributed by atoms with Crippen LogP contribution < -0.4 is 16.0 Å². The molecule has 1 aromatic heterocycles. The Morgan fingerprint density at radius 3 is 2.43 bits per heavy atom. The molecule has 168 valence electrons. The Hall–Kier alpha value is -2.16. The molecule has 4 N–H and O–H groups in total. The number of nitrogens with one attached hydrogen (secondary N) is 2. The zero-order valence-corrected chi connectivity index (χ0v) is 19.6. The summed E-state index contributed by atoms with van der Waals surface area (Å²) < 4.78 is 23.4. The number of carbonyl (C=O) groups excluding carboxylic acids is 1. The van der Waals surface area contributed by atoms with Crippen molar-refractivity contribution >= 4 is 27.5 Å². The van der Waals surface area contributed by atoms with Gasteiger partial charge in [0.05, 0.1) is 16.5 Å². The maximum Gasteiger partial charge on any atom is 0.408 e. The van der Waals surface area contributed by atoms with Crippen LogP contribution >= 0.6 is 0 Å². The van der Waals surface area contributed by atoms with E-state index in [1.165, 1.54) is 6.26 Å². The van der Waals surface area contributed by atoms with Gasteiger partial charge in [-0.1, -0.05) is 20.8 Å². The lowest BCUT2D eigenvalue weighted by molar-refractivity contribution is -0.123. The highest BCUT2D eigenvalue weighted by Gasteiger charge is 2.29. The summed E-state index contributed by atoms with van der Waals surface area (Å²) in [5, 5.41) is 11.9. The minimum absolute atomic E-state index is 0.104. The van der Waals surface area contributed by atoms with E-state index in [1.807, 2.05) is 18.7 Å². The third kappa shape index (κ3) is 6.68. The molecule has 0 unspecified atom stereocenters. The number of hydrogen-bond acceptors (Lipinski definition) is 5. The monoisotopic (exact) mass is 438 g/mol. The van der Waals surface area contributed by atoms with Gasteiger partial charge in [-0.25, -0.2) is 18.2 Å². The van der Waals surface area contributed by atoms with Gasteiger partial charge in [-0.15, -0.1) is 0 Å². The van der Waals surface area contributed by atoms with Crippen molar-refractivity contribution in [3.8, 4) is 0 Å². The topological polar surface area (TPSA) is 117 Å². The summed E-state index contributed by atoms with van der Waals surface area (Å²) in [6.45, 7) is 10.1. The standard InChI is InChI=1S/C21H35N5O3S/c1-14(2)20(22)25-21(27)26-12-9-17(10-13-26)15(3)8-11-23-19-7-6-18(16(4)24-19)30(5,28)29/h6-7,14-15,17H,8-13H2,1-5H3,(H,23,24)(H2,22,25,27)/p+1/t15-/m1/s1. The Kier molecular flexibility index (Phi) is 8.23. The summed E-state index contributed by atoms with van der Waals surface area (Å²) in [4.78, 5) is 18.8. The number of rotatable bonds is 7. The van der Waals surface area contributed by atoms with Crippen LogP contribution in [0.1, 0.15) is 45.7 Å². The molecule has 0 aliphatic carbocycles. The summed E-state index contributed by atoms with van der Waals surface area (Å²) in [6, 6.07) is 3.21. The second-order valence-electron chi connectivity index (χ2n) is 8.61. The third-order valence-corrected chi connectivity index (χ3v) is 7.08. The van der Waals surface area contributed by atoms with Gasteiger partial charge in [0.1, 0.15) is 5.82 Å². The summed E-state index contributed by atoms with van der Waals surface area (Å²) in [6.07, 6.45) is 4.14. The van der Waals surface area contributed by atoms with E-state index in [9.17, 15) is 13.2 Å². The number of pyridine rings is 1. The van der Waals surface area contributed by atoms with Crippen LogP contribution in [0.5, 0.6) is 0 Å². The summed E-state index contributed by atoms with van der Waals surface area (Å²) in [5.74, 6) is 2.42. The van der Waals surface area contributed by atoms with Crippen LogP contribution in [0.4, 0.5) is 10.6 Å². The summed E-state index contributed by atoms with van der Waals surface area (Å²) in [7, 11) is -3.25. The van der Waals surface area contributed by atoms with Crippen molar-refractivity contribution < 1.29 is 18.6 Å². The average molecular weight is 439 g/mol. The Labute approximate surface area is 180 Å². The van der Waals surface area contributed by atoms with E-state index in [1.54, 1.807) is 19.1 Å². The Balaban J connectivity index is 1.76. The molecule has 1 aromatic rings. The van der Waals surface area contributed by atoms with Crippen LogP contribution in [0.25, 0.3) is 0 Å². The van der Waals surface area contributed by atoms with Crippen molar-refractivity contribution in [3.63, 3.8) is 0 Å². The maximum absolute atomic E-state index is 12.3. The Bertz CT molecular complexity index is 861. The van der Waals surface area contributed by atoms with Crippen molar-refractivity contribution in [2.75, 3.05) is 31.2 Å². The highest BCUT2D eigenvalue weighted by molar-refractivity contribution is 7.90. The predicted octanol–water partition coefficient (Wildman–Crippen LogP) is 1.47. The number of amidine groups is 1. The fraction of sp³-hybridized carbons (Fsp3) is 0.667. The number of anilines is 1. The van der Waals surface area contributed by atoms with Crippen molar-refractivity contribution in [2.24, 2.45) is 17.8 Å². The third-order valence-electron chi connectivity index (χ3n) is 5.85. The molecule has 30 heavy (non-hydrogen) atoms. The molecule has 0 radical (unpaired) electrons. The van der Waals surface area contributed by atoms with Crippen molar-refractivity contribution in [1.82, 2.24) is 15.2 Å². The molecule has 2 heterocycles.